The van der Waals surface area contributed by atoms with E-state index in [0.717, 1.165) is 0 Å². The lowest BCUT2D eigenvalue weighted by Gasteiger charge is -2.16. The molecule has 0 bridgehead atoms. The molecule has 2 rings (SSSR count). The zero-order chi connectivity index (χ0) is 19.3. The van der Waals surface area contributed by atoms with E-state index in [2.05, 4.69) is 5.32 Å². The normalized spacial score (nSPS) is 12.8. The standard InChI is InChI=1S/C19H22N2O5/c1-11(18(20)23)17(22)12-4-7-14(8-5-12)21-19(24)13-6-9-15(25-2)16(10-13)26-3/h4-11,17,22H,1-3H3,(H2,20,23)(H,21,24). The van der Waals surface area contributed by atoms with E-state index in [0.29, 0.717) is 28.3 Å². The van der Waals surface area contributed by atoms with Gasteiger partial charge in [0.25, 0.3) is 5.91 Å². The third-order valence-electron chi connectivity index (χ3n) is 4.08. The summed E-state index contributed by atoms with van der Waals surface area (Å²) in [6, 6.07) is 11.4. The molecule has 2 unspecified atom stereocenters. The molecule has 0 aliphatic rings. The molecular weight excluding hydrogens is 336 g/mol. The number of amides is 2. The molecule has 2 aromatic carbocycles. The first-order valence-corrected chi connectivity index (χ1v) is 7.98. The van der Waals surface area contributed by atoms with Gasteiger partial charge >= 0.3 is 0 Å². The summed E-state index contributed by atoms with van der Waals surface area (Å²) < 4.78 is 10.3. The first kappa shape index (κ1) is 19.3. The van der Waals surface area contributed by atoms with Gasteiger partial charge in [-0.2, -0.15) is 0 Å². The topological polar surface area (TPSA) is 111 Å². The van der Waals surface area contributed by atoms with Crippen molar-refractivity contribution in [2.75, 3.05) is 19.5 Å². The number of rotatable bonds is 7. The number of nitrogens with one attached hydrogen (secondary N) is 1. The van der Waals surface area contributed by atoms with Gasteiger partial charge in [0.05, 0.1) is 26.2 Å². The molecular formula is C19H22N2O5. The van der Waals surface area contributed by atoms with Gasteiger partial charge in [-0.15, -0.1) is 0 Å². The van der Waals surface area contributed by atoms with Gasteiger partial charge in [-0.1, -0.05) is 19.1 Å². The average molecular weight is 358 g/mol. The maximum Gasteiger partial charge on any atom is 0.255 e. The van der Waals surface area contributed by atoms with E-state index in [1.807, 2.05) is 0 Å². The van der Waals surface area contributed by atoms with Crippen LogP contribution in [0.5, 0.6) is 11.5 Å². The lowest BCUT2D eigenvalue weighted by atomic mass is 9.97. The van der Waals surface area contributed by atoms with Crippen LogP contribution in [0.25, 0.3) is 0 Å². The molecule has 0 spiro atoms. The lowest BCUT2D eigenvalue weighted by Crippen LogP contribution is -2.26. The van der Waals surface area contributed by atoms with Crippen molar-refractivity contribution < 1.29 is 24.2 Å². The van der Waals surface area contributed by atoms with Gasteiger partial charge in [-0.05, 0) is 35.9 Å². The predicted molar refractivity (Wildman–Crippen MR) is 97.3 cm³/mol. The van der Waals surface area contributed by atoms with Crippen molar-refractivity contribution in [3.8, 4) is 11.5 Å². The van der Waals surface area contributed by atoms with Gasteiger partial charge in [0.1, 0.15) is 0 Å². The van der Waals surface area contributed by atoms with E-state index in [4.69, 9.17) is 15.2 Å². The quantitative estimate of drug-likeness (QED) is 0.702. The van der Waals surface area contributed by atoms with Crippen LogP contribution in [0.1, 0.15) is 28.9 Å². The number of hydrogen-bond acceptors (Lipinski definition) is 5. The number of aliphatic hydroxyl groups is 1. The smallest absolute Gasteiger partial charge is 0.255 e. The Hall–Kier alpha value is -3.06. The summed E-state index contributed by atoms with van der Waals surface area (Å²) in [4.78, 5) is 23.5. The van der Waals surface area contributed by atoms with E-state index in [1.54, 1.807) is 49.4 Å². The number of benzene rings is 2. The Kier molecular flexibility index (Phi) is 6.19. The molecule has 2 atom stereocenters. The molecule has 0 fully saturated rings. The van der Waals surface area contributed by atoms with Crippen LogP contribution in [0, 0.1) is 5.92 Å². The summed E-state index contributed by atoms with van der Waals surface area (Å²) in [5.41, 5.74) is 6.71. The summed E-state index contributed by atoms with van der Waals surface area (Å²) >= 11 is 0. The van der Waals surface area contributed by atoms with E-state index < -0.39 is 17.9 Å². The molecule has 7 heteroatoms. The van der Waals surface area contributed by atoms with Crippen LogP contribution in [0.15, 0.2) is 42.5 Å². The van der Waals surface area contributed by atoms with Gasteiger partial charge in [0.2, 0.25) is 5.91 Å². The van der Waals surface area contributed by atoms with Gasteiger partial charge in [-0.3, -0.25) is 9.59 Å². The average Bonchev–Trinajstić information content (AvgIpc) is 2.66. The zero-order valence-corrected chi connectivity index (χ0v) is 14.9. The van der Waals surface area contributed by atoms with Crippen molar-refractivity contribution in [3.63, 3.8) is 0 Å². The van der Waals surface area contributed by atoms with Crippen molar-refractivity contribution in [3.05, 3.63) is 53.6 Å². The Bertz CT molecular complexity index is 789. The minimum absolute atomic E-state index is 0.315. The Morgan fingerprint density at radius 3 is 2.19 bits per heavy atom. The van der Waals surface area contributed by atoms with Crippen LogP contribution in [0.2, 0.25) is 0 Å². The Morgan fingerprint density at radius 1 is 1.04 bits per heavy atom. The van der Waals surface area contributed by atoms with Crippen LogP contribution in [-0.4, -0.2) is 31.1 Å². The third kappa shape index (κ3) is 4.31. The molecule has 0 aromatic heterocycles. The van der Waals surface area contributed by atoms with Crippen molar-refractivity contribution in [1.82, 2.24) is 0 Å². The highest BCUT2D eigenvalue weighted by molar-refractivity contribution is 6.04. The summed E-state index contributed by atoms with van der Waals surface area (Å²) in [6.45, 7) is 1.56. The molecule has 2 amide bonds. The minimum Gasteiger partial charge on any atom is -0.493 e. The molecule has 0 saturated heterocycles. The second-order valence-corrected chi connectivity index (χ2v) is 5.78. The highest BCUT2D eigenvalue weighted by Gasteiger charge is 2.21. The molecule has 0 aliphatic carbocycles. The number of hydrogen-bond donors (Lipinski definition) is 3. The first-order valence-electron chi connectivity index (χ1n) is 7.98. The Morgan fingerprint density at radius 2 is 1.65 bits per heavy atom. The van der Waals surface area contributed by atoms with E-state index in [-0.39, 0.29) is 5.91 Å². The van der Waals surface area contributed by atoms with Crippen LogP contribution in [-0.2, 0) is 4.79 Å². The maximum absolute atomic E-state index is 12.4. The number of nitrogens with two attached hydrogens (primary N) is 1. The second-order valence-electron chi connectivity index (χ2n) is 5.78. The van der Waals surface area contributed by atoms with Crippen LogP contribution >= 0.6 is 0 Å². The van der Waals surface area contributed by atoms with Gasteiger partial charge in [0.15, 0.2) is 11.5 Å². The summed E-state index contributed by atoms with van der Waals surface area (Å²) in [6.07, 6.45) is -0.997. The number of aliphatic hydroxyl groups excluding tert-OH is 1. The number of primary amides is 1. The number of anilines is 1. The summed E-state index contributed by atoms with van der Waals surface area (Å²) in [5, 5.41) is 12.9. The third-order valence-corrected chi connectivity index (χ3v) is 4.08. The molecule has 26 heavy (non-hydrogen) atoms. The first-order chi connectivity index (χ1) is 12.4. The monoisotopic (exact) mass is 358 g/mol. The zero-order valence-electron chi connectivity index (χ0n) is 14.9. The van der Waals surface area contributed by atoms with Crippen molar-refractivity contribution in [2.24, 2.45) is 11.7 Å². The number of carbonyl (C=O) groups is 2. The predicted octanol–water partition coefficient (Wildman–Crippen LogP) is 2.11. The molecule has 0 heterocycles. The fourth-order valence-corrected chi connectivity index (χ4v) is 2.39. The van der Waals surface area contributed by atoms with Crippen LogP contribution < -0.4 is 20.5 Å². The summed E-state index contributed by atoms with van der Waals surface area (Å²) in [5.74, 6) is -0.611. The fraction of sp³-hybridized carbons (Fsp3) is 0.263. The molecule has 138 valence electrons. The van der Waals surface area contributed by atoms with E-state index >= 15 is 0 Å². The Balaban J connectivity index is 2.11. The molecule has 2 aromatic rings. The SMILES string of the molecule is COc1ccc(C(=O)Nc2ccc(C(O)C(C)C(N)=O)cc2)cc1OC. The number of carbonyl (C=O) groups excluding carboxylic acids is 2. The van der Waals surface area contributed by atoms with Crippen molar-refractivity contribution >= 4 is 17.5 Å². The maximum atomic E-state index is 12.4. The Labute approximate surface area is 151 Å². The number of ether oxygens (including phenoxy) is 2. The van der Waals surface area contributed by atoms with Crippen LogP contribution in [0.4, 0.5) is 5.69 Å². The number of methoxy groups -OCH3 is 2. The molecule has 0 aliphatic heterocycles. The molecule has 4 N–H and O–H groups in total. The van der Waals surface area contributed by atoms with E-state index in [9.17, 15) is 14.7 Å². The summed E-state index contributed by atoms with van der Waals surface area (Å²) in [7, 11) is 3.02. The lowest BCUT2D eigenvalue weighted by molar-refractivity contribution is -0.124. The highest BCUT2D eigenvalue weighted by Crippen LogP contribution is 2.28. The molecule has 7 nitrogen and oxygen atoms in total. The fourth-order valence-electron chi connectivity index (χ4n) is 2.39. The molecule has 0 radical (unpaired) electrons. The van der Waals surface area contributed by atoms with Crippen molar-refractivity contribution in [1.29, 1.82) is 0 Å². The van der Waals surface area contributed by atoms with Crippen molar-refractivity contribution in [2.45, 2.75) is 13.0 Å². The second kappa shape index (κ2) is 8.35. The molecule has 0 saturated carbocycles. The van der Waals surface area contributed by atoms with E-state index in [1.165, 1.54) is 14.2 Å². The highest BCUT2D eigenvalue weighted by atomic mass is 16.5. The largest absolute Gasteiger partial charge is 0.493 e. The minimum atomic E-state index is -0.997. The van der Waals surface area contributed by atoms with Gasteiger partial charge in [0, 0.05) is 11.3 Å². The van der Waals surface area contributed by atoms with Gasteiger partial charge < -0.3 is 25.6 Å². The van der Waals surface area contributed by atoms with Gasteiger partial charge in [-0.25, -0.2) is 0 Å². The van der Waals surface area contributed by atoms with Crippen LogP contribution in [0.3, 0.4) is 0 Å².